The predicted molar refractivity (Wildman–Crippen MR) is 44.1 cm³/mol. The van der Waals surface area contributed by atoms with Gasteiger partial charge in [-0.3, -0.25) is 9.78 Å². The number of pyridine rings is 1. The fraction of sp³-hybridized carbons (Fsp3) is 0.250. The number of hydrogen-bond acceptors (Lipinski definition) is 2. The smallest absolute Gasteiger partial charge is 0.181 e. The van der Waals surface area contributed by atoms with E-state index in [4.69, 9.17) is 0 Å². The summed E-state index contributed by atoms with van der Waals surface area (Å²) in [5.74, 6) is 0.190. The first kappa shape index (κ1) is 8.21. The van der Waals surface area contributed by atoms with Crippen LogP contribution >= 0.6 is 12.4 Å². The van der Waals surface area contributed by atoms with E-state index in [1.54, 1.807) is 6.20 Å². The van der Waals surface area contributed by atoms with Gasteiger partial charge in [-0.25, -0.2) is 0 Å². The highest BCUT2D eigenvalue weighted by Crippen LogP contribution is 2.17. The quantitative estimate of drug-likeness (QED) is 0.591. The number of carbonyl (C=O) groups excluding carboxylic acids is 1. The molecule has 0 bridgehead atoms. The number of halogens is 1. The summed E-state index contributed by atoms with van der Waals surface area (Å²) in [6, 6.07) is 3.84. The third-order valence-electron chi connectivity index (χ3n) is 1.78. The van der Waals surface area contributed by atoms with E-state index in [9.17, 15) is 4.79 Å². The van der Waals surface area contributed by atoms with Crippen LogP contribution in [-0.2, 0) is 6.42 Å². The Kier molecular flexibility index (Phi) is 2.25. The van der Waals surface area contributed by atoms with Crippen LogP contribution in [0.5, 0.6) is 0 Å². The molecule has 1 aliphatic carbocycles. The van der Waals surface area contributed by atoms with Crippen molar-refractivity contribution in [2.45, 2.75) is 12.8 Å². The zero-order valence-corrected chi connectivity index (χ0v) is 6.73. The molecule has 1 aliphatic rings. The monoisotopic (exact) mass is 169 g/mol. The van der Waals surface area contributed by atoms with Gasteiger partial charge in [0.25, 0.3) is 0 Å². The minimum atomic E-state index is 0. The van der Waals surface area contributed by atoms with E-state index in [1.807, 2.05) is 12.1 Å². The summed E-state index contributed by atoms with van der Waals surface area (Å²) in [5.41, 5.74) is 1.79. The molecule has 0 aromatic carbocycles. The van der Waals surface area contributed by atoms with Gasteiger partial charge in [0, 0.05) is 12.6 Å². The molecule has 1 aromatic heterocycles. The third kappa shape index (κ3) is 1.26. The lowest BCUT2D eigenvalue weighted by Crippen LogP contribution is -1.93. The second kappa shape index (κ2) is 3.01. The van der Waals surface area contributed by atoms with Crippen molar-refractivity contribution in [3.8, 4) is 0 Å². The molecule has 0 N–H and O–H groups in total. The van der Waals surface area contributed by atoms with Crippen LogP contribution in [0.4, 0.5) is 0 Å². The molecule has 3 heteroatoms. The lowest BCUT2D eigenvalue weighted by Gasteiger charge is -1.91. The fourth-order valence-corrected chi connectivity index (χ4v) is 1.26. The fourth-order valence-electron chi connectivity index (χ4n) is 1.26. The van der Waals surface area contributed by atoms with Crippen LogP contribution in [0.3, 0.4) is 0 Å². The van der Waals surface area contributed by atoms with Crippen molar-refractivity contribution < 1.29 is 4.79 Å². The zero-order valence-electron chi connectivity index (χ0n) is 5.91. The summed E-state index contributed by atoms with van der Waals surface area (Å²) < 4.78 is 0. The summed E-state index contributed by atoms with van der Waals surface area (Å²) >= 11 is 0. The highest BCUT2D eigenvalue weighted by atomic mass is 35.5. The van der Waals surface area contributed by atoms with Gasteiger partial charge < -0.3 is 0 Å². The first-order chi connectivity index (χ1) is 4.88. The molecule has 0 atom stereocenters. The Labute approximate surface area is 71.1 Å². The molecule has 0 radical (unpaired) electrons. The third-order valence-corrected chi connectivity index (χ3v) is 1.78. The number of fused-ring (bicyclic) bond motifs is 1. The number of Topliss-reactive ketones (excluding diaryl/α,β-unsaturated/α-hetero) is 1. The number of nitrogens with zero attached hydrogens (tertiary/aromatic N) is 1. The molecule has 1 aromatic rings. The number of rotatable bonds is 0. The van der Waals surface area contributed by atoms with Crippen LogP contribution in [0.2, 0.25) is 0 Å². The molecule has 2 nitrogen and oxygen atoms in total. The molecule has 0 amide bonds. The molecule has 0 spiro atoms. The van der Waals surface area contributed by atoms with E-state index >= 15 is 0 Å². The van der Waals surface area contributed by atoms with E-state index in [1.165, 1.54) is 0 Å². The van der Waals surface area contributed by atoms with Gasteiger partial charge in [-0.05, 0) is 18.1 Å². The van der Waals surface area contributed by atoms with Crippen LogP contribution in [0, 0.1) is 0 Å². The lowest BCUT2D eigenvalue weighted by atomic mass is 10.2. The molecule has 2 rings (SSSR count). The Bertz CT molecular complexity index is 285. The number of ketones is 1. The minimum absolute atomic E-state index is 0. The van der Waals surface area contributed by atoms with Gasteiger partial charge in [-0.15, -0.1) is 12.4 Å². The molecule has 0 saturated heterocycles. The number of aryl methyl sites for hydroxylation is 1. The maximum atomic E-state index is 11.0. The van der Waals surface area contributed by atoms with E-state index < -0.39 is 0 Å². The van der Waals surface area contributed by atoms with Crippen molar-refractivity contribution in [3.63, 3.8) is 0 Å². The summed E-state index contributed by atoms with van der Waals surface area (Å²) in [7, 11) is 0. The molecule has 58 valence electrons. The number of aromatic nitrogens is 1. The minimum Gasteiger partial charge on any atom is -0.292 e. The number of carbonyl (C=O) groups is 1. The molecule has 11 heavy (non-hydrogen) atoms. The molecule has 1 heterocycles. The van der Waals surface area contributed by atoms with E-state index in [0.29, 0.717) is 12.1 Å². The van der Waals surface area contributed by atoms with Crippen LogP contribution in [-0.4, -0.2) is 10.8 Å². The Balaban J connectivity index is 0.000000605. The normalized spacial score (nSPS) is 14.0. The Morgan fingerprint density at radius 1 is 1.36 bits per heavy atom. The predicted octanol–water partition coefficient (Wildman–Crippen LogP) is 1.63. The van der Waals surface area contributed by atoms with Crippen molar-refractivity contribution in [3.05, 3.63) is 29.6 Å². The van der Waals surface area contributed by atoms with Crippen LogP contribution in [0.25, 0.3) is 0 Å². The lowest BCUT2D eigenvalue weighted by molar-refractivity contribution is 0.0990. The van der Waals surface area contributed by atoms with Gasteiger partial charge in [-0.2, -0.15) is 0 Å². The second-order valence-corrected chi connectivity index (χ2v) is 2.43. The second-order valence-electron chi connectivity index (χ2n) is 2.43. The summed E-state index contributed by atoms with van der Waals surface area (Å²) in [4.78, 5) is 15.0. The maximum absolute atomic E-state index is 11.0. The van der Waals surface area contributed by atoms with Crippen molar-refractivity contribution in [2.24, 2.45) is 0 Å². The number of hydrogen-bond donors (Lipinski definition) is 0. The van der Waals surface area contributed by atoms with Gasteiger partial charge >= 0.3 is 0 Å². The summed E-state index contributed by atoms with van der Waals surface area (Å²) in [5, 5.41) is 0. The zero-order chi connectivity index (χ0) is 6.97. The summed E-state index contributed by atoms with van der Waals surface area (Å²) in [6.45, 7) is 0. The summed E-state index contributed by atoms with van der Waals surface area (Å²) in [6.07, 6.45) is 3.19. The molecule has 0 fully saturated rings. The van der Waals surface area contributed by atoms with Gasteiger partial charge in [0.15, 0.2) is 5.78 Å². The molecule has 0 aliphatic heterocycles. The van der Waals surface area contributed by atoms with E-state index in [-0.39, 0.29) is 18.2 Å². The first-order valence-electron chi connectivity index (χ1n) is 3.35. The van der Waals surface area contributed by atoms with Crippen LogP contribution < -0.4 is 0 Å². The highest BCUT2D eigenvalue weighted by Gasteiger charge is 2.19. The molecular weight excluding hydrogens is 162 g/mol. The van der Waals surface area contributed by atoms with Crippen molar-refractivity contribution >= 4 is 18.2 Å². The van der Waals surface area contributed by atoms with Crippen LogP contribution in [0.15, 0.2) is 18.3 Å². The van der Waals surface area contributed by atoms with Gasteiger partial charge in [0.05, 0.1) is 0 Å². The van der Waals surface area contributed by atoms with E-state index in [0.717, 1.165) is 12.0 Å². The standard InChI is InChI=1S/C8H7NO.ClH/c10-7-4-3-6-2-1-5-9-8(6)7;/h1-2,5H,3-4H2;1H. The average Bonchev–Trinajstić information content (AvgIpc) is 2.34. The van der Waals surface area contributed by atoms with Crippen molar-refractivity contribution in [2.75, 3.05) is 0 Å². The average molecular weight is 170 g/mol. The van der Waals surface area contributed by atoms with Crippen molar-refractivity contribution in [1.82, 2.24) is 4.98 Å². The van der Waals surface area contributed by atoms with Crippen LogP contribution in [0.1, 0.15) is 22.5 Å². The topological polar surface area (TPSA) is 30.0 Å². The first-order valence-corrected chi connectivity index (χ1v) is 3.35. The molecular formula is C8H8ClNO. The van der Waals surface area contributed by atoms with E-state index in [2.05, 4.69) is 4.98 Å². The highest BCUT2D eigenvalue weighted by molar-refractivity contribution is 5.98. The Morgan fingerprint density at radius 3 is 2.91 bits per heavy atom. The molecule has 0 unspecified atom stereocenters. The maximum Gasteiger partial charge on any atom is 0.181 e. The SMILES string of the molecule is Cl.O=C1CCc2cccnc21. The Morgan fingerprint density at radius 2 is 2.18 bits per heavy atom. The Hall–Kier alpha value is -0.890. The molecule has 0 saturated carbocycles. The van der Waals surface area contributed by atoms with Gasteiger partial charge in [0.1, 0.15) is 5.69 Å². The van der Waals surface area contributed by atoms with Gasteiger partial charge in [-0.1, -0.05) is 6.07 Å². The van der Waals surface area contributed by atoms with Crippen molar-refractivity contribution in [1.29, 1.82) is 0 Å². The van der Waals surface area contributed by atoms with Gasteiger partial charge in [0.2, 0.25) is 0 Å². The largest absolute Gasteiger partial charge is 0.292 e.